The van der Waals surface area contributed by atoms with Crippen molar-refractivity contribution in [3.05, 3.63) is 0 Å². The van der Waals surface area contributed by atoms with Crippen LogP contribution in [-0.2, 0) is 25.8 Å². The number of rotatable bonds is 8. The summed E-state index contributed by atoms with van der Waals surface area (Å²) in [7, 11) is 0. The van der Waals surface area contributed by atoms with Crippen molar-refractivity contribution in [1.29, 1.82) is 0 Å². The van der Waals surface area contributed by atoms with Gasteiger partial charge in [0.1, 0.15) is 0 Å². The minimum Gasteiger partial charge on any atom is -0.317 e. The maximum atomic E-state index is 3.31. The van der Waals surface area contributed by atoms with Crippen LogP contribution in [0.4, 0.5) is 0 Å². The van der Waals surface area contributed by atoms with Crippen molar-refractivity contribution >= 4 is 0 Å². The van der Waals surface area contributed by atoms with Crippen LogP contribution in [0.15, 0.2) is 0 Å². The van der Waals surface area contributed by atoms with Gasteiger partial charge in [-0.25, -0.2) is 0 Å². The standard InChI is InChI=1S/C6H15N.3C4H11N.Hf/c1-5(2)7-6(3)4;3*1-3-5-4-2;/h5-7H,1-4H3;3*5H,3-4H2,1-2H3;. The van der Waals surface area contributed by atoms with E-state index in [2.05, 4.69) is 90.5 Å². The van der Waals surface area contributed by atoms with Crippen molar-refractivity contribution in [3.8, 4) is 0 Å². The van der Waals surface area contributed by atoms with Crippen molar-refractivity contribution < 1.29 is 25.8 Å². The zero-order valence-electron chi connectivity index (χ0n) is 17.9. The molecule has 0 aromatic heterocycles. The maximum absolute atomic E-state index is 3.31. The second kappa shape index (κ2) is 38.3. The Morgan fingerprint density at radius 3 is 0.652 bits per heavy atom. The summed E-state index contributed by atoms with van der Waals surface area (Å²) in [6.45, 7) is 27.8. The summed E-state index contributed by atoms with van der Waals surface area (Å²) in [4.78, 5) is 0. The fourth-order valence-corrected chi connectivity index (χ4v) is 1.42. The van der Waals surface area contributed by atoms with Crippen molar-refractivity contribution in [3.63, 3.8) is 0 Å². The Bertz CT molecular complexity index is 119. The SMILES string of the molecule is CC(C)NC(C)C.CCNCC.CCNCC.CCNCC.[Hf]. The zero-order valence-corrected chi connectivity index (χ0v) is 21.5. The van der Waals surface area contributed by atoms with E-state index >= 15 is 0 Å². The van der Waals surface area contributed by atoms with Gasteiger partial charge in [0, 0.05) is 37.9 Å². The molecular weight excluding hydrogens is 451 g/mol. The van der Waals surface area contributed by atoms with Crippen LogP contribution in [0.5, 0.6) is 0 Å². The van der Waals surface area contributed by atoms with Gasteiger partial charge in [0.15, 0.2) is 0 Å². The van der Waals surface area contributed by atoms with Crippen LogP contribution in [0.1, 0.15) is 69.2 Å². The van der Waals surface area contributed by atoms with E-state index in [1.54, 1.807) is 0 Å². The van der Waals surface area contributed by atoms with Crippen LogP contribution >= 0.6 is 0 Å². The average Bonchev–Trinajstić information content (AvgIpc) is 2.42. The van der Waals surface area contributed by atoms with Gasteiger partial charge in [-0.3, -0.25) is 0 Å². The summed E-state index contributed by atoms with van der Waals surface area (Å²) < 4.78 is 0. The molecule has 5 heteroatoms. The van der Waals surface area contributed by atoms with Gasteiger partial charge in [-0.2, -0.15) is 0 Å². The number of hydrogen-bond acceptors (Lipinski definition) is 4. The molecule has 0 aliphatic carbocycles. The van der Waals surface area contributed by atoms with Gasteiger partial charge in [0.25, 0.3) is 0 Å². The molecule has 144 valence electrons. The van der Waals surface area contributed by atoms with E-state index in [1.165, 1.54) is 0 Å². The topological polar surface area (TPSA) is 48.1 Å². The van der Waals surface area contributed by atoms with E-state index in [0.29, 0.717) is 12.1 Å². The van der Waals surface area contributed by atoms with Gasteiger partial charge in [-0.05, 0) is 39.3 Å². The Hall–Kier alpha value is 0.710. The molecule has 23 heavy (non-hydrogen) atoms. The molecule has 0 aliphatic heterocycles. The molecule has 0 saturated carbocycles. The molecule has 0 spiro atoms. The fraction of sp³-hybridized carbons (Fsp3) is 1.00. The van der Waals surface area contributed by atoms with Crippen molar-refractivity contribution in [2.24, 2.45) is 0 Å². The molecule has 0 amide bonds. The molecule has 4 N–H and O–H groups in total. The molecule has 0 rings (SSSR count). The van der Waals surface area contributed by atoms with E-state index in [9.17, 15) is 0 Å². The van der Waals surface area contributed by atoms with Gasteiger partial charge >= 0.3 is 0 Å². The van der Waals surface area contributed by atoms with Gasteiger partial charge in [0.2, 0.25) is 0 Å². The summed E-state index contributed by atoms with van der Waals surface area (Å²) in [6.07, 6.45) is 0. The van der Waals surface area contributed by atoms with Crippen LogP contribution in [0.3, 0.4) is 0 Å². The van der Waals surface area contributed by atoms with Crippen LogP contribution < -0.4 is 21.3 Å². The van der Waals surface area contributed by atoms with E-state index in [-0.39, 0.29) is 25.8 Å². The average molecular weight is 499 g/mol. The molecule has 0 unspecified atom stereocenters. The fourth-order valence-electron chi connectivity index (χ4n) is 1.42. The first kappa shape index (κ1) is 34.9. The largest absolute Gasteiger partial charge is 0.317 e. The van der Waals surface area contributed by atoms with Gasteiger partial charge in [-0.15, -0.1) is 0 Å². The minimum absolute atomic E-state index is 0. The first-order valence-electron chi connectivity index (χ1n) is 9.25. The van der Waals surface area contributed by atoms with E-state index < -0.39 is 0 Å². The summed E-state index contributed by atoms with van der Waals surface area (Å²) >= 11 is 0. The van der Waals surface area contributed by atoms with Crippen LogP contribution in [0.2, 0.25) is 0 Å². The molecule has 0 fully saturated rings. The Labute approximate surface area is 167 Å². The first-order chi connectivity index (χ1) is 10.4. The molecule has 0 heterocycles. The molecule has 0 aliphatic rings. The molecule has 0 bridgehead atoms. The third kappa shape index (κ3) is 84.9. The Morgan fingerprint density at radius 1 is 0.478 bits per heavy atom. The monoisotopic (exact) mass is 500 g/mol. The maximum Gasteiger partial charge on any atom is 0.00127 e. The second-order valence-electron chi connectivity index (χ2n) is 5.35. The van der Waals surface area contributed by atoms with E-state index in [4.69, 9.17) is 0 Å². The van der Waals surface area contributed by atoms with Crippen molar-refractivity contribution in [2.45, 2.75) is 81.3 Å². The van der Waals surface area contributed by atoms with Crippen LogP contribution in [-0.4, -0.2) is 51.4 Å². The predicted octanol–water partition coefficient (Wildman–Crippen LogP) is 3.24. The molecule has 4 nitrogen and oxygen atoms in total. The Balaban J connectivity index is -0.0000000625. The summed E-state index contributed by atoms with van der Waals surface area (Å²) in [5, 5.41) is 12.6. The predicted molar refractivity (Wildman–Crippen MR) is 106 cm³/mol. The molecule has 0 saturated heterocycles. The van der Waals surface area contributed by atoms with Crippen LogP contribution in [0.25, 0.3) is 0 Å². The molecular formula is C18H48HfN4. The zero-order chi connectivity index (χ0) is 18.2. The van der Waals surface area contributed by atoms with Crippen LogP contribution in [0, 0.1) is 0 Å². The summed E-state index contributed by atoms with van der Waals surface area (Å²) in [5.41, 5.74) is 0. The molecule has 0 aromatic carbocycles. The second-order valence-corrected chi connectivity index (χ2v) is 5.35. The summed E-state index contributed by atoms with van der Waals surface area (Å²) in [5.74, 6) is 0. The Kier molecular flexibility index (Phi) is 58.2. The molecule has 0 aromatic rings. The Morgan fingerprint density at radius 2 is 0.652 bits per heavy atom. The van der Waals surface area contributed by atoms with Gasteiger partial charge < -0.3 is 21.3 Å². The van der Waals surface area contributed by atoms with Crippen molar-refractivity contribution in [1.82, 2.24) is 21.3 Å². The third-order valence-corrected chi connectivity index (χ3v) is 2.17. The smallest absolute Gasteiger partial charge is 0.00127 e. The first-order valence-corrected chi connectivity index (χ1v) is 9.25. The number of hydrogen-bond donors (Lipinski definition) is 4. The molecule has 0 radical (unpaired) electrons. The normalized spacial score (nSPS) is 8.87. The molecule has 0 atom stereocenters. The third-order valence-electron chi connectivity index (χ3n) is 2.17. The van der Waals surface area contributed by atoms with Gasteiger partial charge in [-0.1, -0.05) is 69.2 Å². The van der Waals surface area contributed by atoms with Gasteiger partial charge in [0.05, 0.1) is 0 Å². The number of nitrogens with one attached hydrogen (secondary N) is 4. The summed E-state index contributed by atoms with van der Waals surface area (Å²) in [6, 6.07) is 1.25. The minimum atomic E-state index is 0. The van der Waals surface area contributed by atoms with E-state index in [0.717, 1.165) is 39.3 Å². The van der Waals surface area contributed by atoms with E-state index in [1.807, 2.05) is 0 Å². The quantitative estimate of drug-likeness (QED) is 0.388. The van der Waals surface area contributed by atoms with Crippen molar-refractivity contribution in [2.75, 3.05) is 39.3 Å².